The van der Waals surface area contributed by atoms with Gasteiger partial charge >= 0.3 is 0 Å². The molecule has 1 aliphatic heterocycles. The number of nitrogens with zero attached hydrogens (tertiary/aromatic N) is 5. The average Bonchev–Trinajstić information content (AvgIpc) is 3.21. The molecule has 2 aromatic heterocycles. The van der Waals surface area contributed by atoms with E-state index in [0.29, 0.717) is 22.7 Å². The molecular weight excluding hydrogens is 416 g/mol. The maximum absolute atomic E-state index is 12.4. The normalized spacial score (nSPS) is 19.0. The van der Waals surface area contributed by atoms with Crippen LogP contribution in [-0.4, -0.2) is 72.5 Å². The second-order valence-corrected chi connectivity index (χ2v) is 9.78. The summed E-state index contributed by atoms with van der Waals surface area (Å²) >= 11 is 6.06. The van der Waals surface area contributed by atoms with Gasteiger partial charge in [0.2, 0.25) is 21.9 Å². The number of aromatic nitrogens is 4. The summed E-state index contributed by atoms with van der Waals surface area (Å²) in [4.78, 5) is 11.3. The van der Waals surface area contributed by atoms with Crippen molar-refractivity contribution in [2.75, 3.05) is 48.7 Å². The van der Waals surface area contributed by atoms with Crippen LogP contribution in [0.1, 0.15) is 32.1 Å². The molecule has 2 aliphatic rings. The van der Waals surface area contributed by atoms with Crippen molar-refractivity contribution in [2.45, 2.75) is 38.1 Å². The molecule has 0 unspecified atom stereocenters. The highest BCUT2D eigenvalue weighted by Crippen LogP contribution is 2.20. The molecule has 4 rings (SSSR count). The molecule has 3 N–H and O–H groups in total. The van der Waals surface area contributed by atoms with E-state index >= 15 is 0 Å². The number of hydrogen-bond donors (Lipinski definition) is 3. The molecule has 1 aliphatic carbocycles. The largest absolute Gasteiger partial charge is 0.353 e. The van der Waals surface area contributed by atoms with E-state index in [0.717, 1.165) is 58.3 Å². The van der Waals surface area contributed by atoms with E-state index in [4.69, 9.17) is 11.6 Å². The Labute approximate surface area is 175 Å². The fourth-order valence-corrected chi connectivity index (χ4v) is 5.21. The number of nitrogens with one attached hydrogen (secondary N) is 3. The van der Waals surface area contributed by atoms with Crippen LogP contribution in [-0.2, 0) is 10.0 Å². The molecule has 0 bridgehead atoms. The number of hydrogen-bond acceptors (Lipinski definition) is 8. The van der Waals surface area contributed by atoms with Crippen LogP contribution in [0.25, 0.3) is 5.65 Å². The van der Waals surface area contributed by atoms with Crippen molar-refractivity contribution >= 4 is 39.2 Å². The quantitative estimate of drug-likeness (QED) is 0.577. The minimum Gasteiger partial charge on any atom is -0.353 e. The lowest BCUT2D eigenvalue weighted by molar-refractivity contribution is 0.552. The highest BCUT2D eigenvalue weighted by atomic mass is 35.5. The van der Waals surface area contributed by atoms with Gasteiger partial charge in [-0.3, -0.25) is 0 Å². The summed E-state index contributed by atoms with van der Waals surface area (Å²) in [6, 6.07) is 1.74. The summed E-state index contributed by atoms with van der Waals surface area (Å²) < 4.78 is 29.0. The second-order valence-electron chi connectivity index (χ2n) is 7.52. The molecule has 3 heterocycles. The monoisotopic (exact) mass is 442 g/mol. The molecule has 0 radical (unpaired) electrons. The third-order valence-corrected chi connectivity index (χ3v) is 6.88. The zero-order chi connectivity index (χ0) is 20.3. The zero-order valence-electron chi connectivity index (χ0n) is 16.3. The Balaban J connectivity index is 1.48. The molecular formula is C17H27ClN8O2S. The summed E-state index contributed by atoms with van der Waals surface area (Å²) in [5.41, 5.74) is 0.576. The van der Waals surface area contributed by atoms with Gasteiger partial charge in [-0.1, -0.05) is 24.4 Å². The second kappa shape index (κ2) is 8.99. The van der Waals surface area contributed by atoms with Gasteiger partial charge < -0.3 is 15.5 Å². The van der Waals surface area contributed by atoms with Crippen LogP contribution in [0, 0.1) is 0 Å². The summed E-state index contributed by atoms with van der Waals surface area (Å²) in [5, 5.41) is 11.0. The molecule has 10 nitrogen and oxygen atoms in total. The van der Waals surface area contributed by atoms with Crippen molar-refractivity contribution in [3.63, 3.8) is 0 Å². The Morgan fingerprint density at radius 3 is 2.83 bits per heavy atom. The fraction of sp³-hybridized carbons (Fsp3) is 0.706. The zero-order valence-corrected chi connectivity index (χ0v) is 17.8. The van der Waals surface area contributed by atoms with Crippen molar-refractivity contribution in [3.8, 4) is 0 Å². The van der Waals surface area contributed by atoms with Crippen LogP contribution in [0.4, 0.5) is 11.9 Å². The summed E-state index contributed by atoms with van der Waals surface area (Å²) in [6.45, 7) is 3.70. The molecule has 29 heavy (non-hydrogen) atoms. The van der Waals surface area contributed by atoms with Crippen molar-refractivity contribution < 1.29 is 8.42 Å². The van der Waals surface area contributed by atoms with Gasteiger partial charge in [-0.2, -0.15) is 19.6 Å². The maximum atomic E-state index is 12.4. The van der Waals surface area contributed by atoms with E-state index in [1.807, 2.05) is 0 Å². The van der Waals surface area contributed by atoms with Crippen LogP contribution in [0.3, 0.4) is 0 Å². The van der Waals surface area contributed by atoms with Crippen LogP contribution >= 0.6 is 11.6 Å². The van der Waals surface area contributed by atoms with Crippen molar-refractivity contribution in [1.82, 2.24) is 29.6 Å². The predicted octanol–water partition coefficient (Wildman–Crippen LogP) is 0.851. The van der Waals surface area contributed by atoms with Gasteiger partial charge in [0.15, 0.2) is 10.8 Å². The van der Waals surface area contributed by atoms with Gasteiger partial charge in [0.25, 0.3) is 0 Å². The lowest BCUT2D eigenvalue weighted by Crippen LogP contribution is -2.36. The highest BCUT2D eigenvalue weighted by Gasteiger charge is 2.22. The molecule has 0 spiro atoms. The number of halogens is 1. The van der Waals surface area contributed by atoms with E-state index in [1.165, 1.54) is 4.52 Å². The molecule has 160 valence electrons. The Morgan fingerprint density at radius 2 is 2.00 bits per heavy atom. The Morgan fingerprint density at radius 1 is 1.17 bits per heavy atom. The first kappa shape index (κ1) is 20.6. The fourth-order valence-electron chi connectivity index (χ4n) is 3.80. The highest BCUT2D eigenvalue weighted by molar-refractivity contribution is 7.89. The summed E-state index contributed by atoms with van der Waals surface area (Å²) in [5.74, 6) is 0.991. The standard InChI is InChI=1S/C17H27ClN8O2S/c18-14-12-15-21-17(25-9-3-6-19-7-10-25)22-16(26(15)23-14)20-8-11-29(27,28)24-13-4-1-2-5-13/h12-13,19,24H,1-11H2,(H,20,21,22). The van der Waals surface area contributed by atoms with E-state index in [2.05, 4.69) is 35.3 Å². The van der Waals surface area contributed by atoms with Gasteiger partial charge in [-0.15, -0.1) is 0 Å². The van der Waals surface area contributed by atoms with Crippen molar-refractivity contribution in [2.24, 2.45) is 0 Å². The van der Waals surface area contributed by atoms with Gasteiger partial charge in [0.05, 0.1) is 5.75 Å². The van der Waals surface area contributed by atoms with E-state index < -0.39 is 10.0 Å². The first-order valence-electron chi connectivity index (χ1n) is 10.1. The molecule has 0 aromatic carbocycles. The van der Waals surface area contributed by atoms with Crippen molar-refractivity contribution in [1.29, 1.82) is 0 Å². The average molecular weight is 443 g/mol. The third-order valence-electron chi connectivity index (χ3n) is 5.26. The SMILES string of the molecule is O=S(=O)(CCNc1nc(N2CCCNCC2)nc2cc(Cl)nn12)NC1CCCC1. The van der Waals surface area contributed by atoms with Crippen LogP contribution in [0.15, 0.2) is 6.07 Å². The third kappa shape index (κ3) is 5.27. The predicted molar refractivity (Wildman–Crippen MR) is 113 cm³/mol. The summed E-state index contributed by atoms with van der Waals surface area (Å²) in [6.07, 6.45) is 5.00. The first-order valence-corrected chi connectivity index (χ1v) is 12.2. The lowest BCUT2D eigenvalue weighted by Gasteiger charge is -2.20. The van der Waals surface area contributed by atoms with Gasteiger partial charge in [-0.05, 0) is 25.8 Å². The summed E-state index contributed by atoms with van der Waals surface area (Å²) in [7, 11) is -3.35. The molecule has 0 amide bonds. The minimum atomic E-state index is -3.35. The maximum Gasteiger partial charge on any atom is 0.230 e. The van der Waals surface area contributed by atoms with Gasteiger partial charge in [-0.25, -0.2) is 13.1 Å². The number of anilines is 2. The van der Waals surface area contributed by atoms with E-state index in [9.17, 15) is 8.42 Å². The van der Waals surface area contributed by atoms with E-state index in [1.54, 1.807) is 6.07 Å². The smallest absolute Gasteiger partial charge is 0.230 e. The molecule has 0 atom stereocenters. The number of sulfonamides is 1. The van der Waals surface area contributed by atoms with Crippen LogP contribution in [0.2, 0.25) is 5.15 Å². The van der Waals surface area contributed by atoms with Crippen molar-refractivity contribution in [3.05, 3.63) is 11.2 Å². The Hall–Kier alpha value is -1.69. The van der Waals surface area contributed by atoms with Crippen LogP contribution in [0.5, 0.6) is 0 Å². The van der Waals surface area contributed by atoms with Gasteiger partial charge in [0.1, 0.15) is 0 Å². The topological polar surface area (TPSA) is 117 Å². The lowest BCUT2D eigenvalue weighted by atomic mass is 10.3. The molecule has 12 heteroatoms. The Kier molecular flexibility index (Phi) is 6.38. The Bertz CT molecular complexity index is 936. The minimum absolute atomic E-state index is 0.0348. The van der Waals surface area contributed by atoms with Crippen LogP contribution < -0.4 is 20.3 Å². The molecule has 1 saturated carbocycles. The molecule has 2 aromatic rings. The van der Waals surface area contributed by atoms with E-state index in [-0.39, 0.29) is 18.3 Å². The first-order chi connectivity index (χ1) is 14.0. The molecule has 2 fully saturated rings. The molecule has 1 saturated heterocycles. The van der Waals surface area contributed by atoms with Gasteiger partial charge in [0, 0.05) is 38.3 Å². The number of rotatable bonds is 7. The number of fused-ring (bicyclic) bond motifs is 1.